The minimum Gasteiger partial charge on any atom is -0.478 e. The highest BCUT2D eigenvalue weighted by Crippen LogP contribution is 2.00. The Bertz CT molecular complexity index is 217. The molecule has 0 saturated carbocycles. The van der Waals surface area contributed by atoms with Crippen molar-refractivity contribution in [2.24, 2.45) is 20.5 Å². The van der Waals surface area contributed by atoms with Crippen molar-refractivity contribution in [3.05, 3.63) is 0 Å². The third-order valence-electron chi connectivity index (χ3n) is 1.03. The van der Waals surface area contributed by atoms with E-state index < -0.39 is 12.1 Å². The van der Waals surface area contributed by atoms with E-state index in [-0.39, 0.29) is 12.1 Å². The molecule has 0 aromatic heterocycles. The summed E-state index contributed by atoms with van der Waals surface area (Å²) in [7, 11) is 0. The summed E-state index contributed by atoms with van der Waals surface area (Å²) in [5.74, 6) is -1.14. The van der Waals surface area contributed by atoms with E-state index in [0.29, 0.717) is 0 Å². The monoisotopic (exact) mass is 200 g/mol. The summed E-state index contributed by atoms with van der Waals surface area (Å²) in [4.78, 5) is 10.6. The van der Waals surface area contributed by atoms with Gasteiger partial charge in [0, 0.05) is 0 Å². The quantitative estimate of drug-likeness (QED) is 0.689. The number of rotatable bonds is 5. The molecule has 0 bridgehead atoms. The molecule has 0 amide bonds. The fourth-order valence-corrected chi connectivity index (χ4v) is 0.515. The van der Waals surface area contributed by atoms with Crippen LogP contribution in [0.25, 0.3) is 0 Å². The third-order valence-corrected chi connectivity index (χ3v) is 1.03. The van der Waals surface area contributed by atoms with E-state index in [1.165, 1.54) is 0 Å². The van der Waals surface area contributed by atoms with Crippen molar-refractivity contribution in [1.29, 1.82) is 0 Å². The molecule has 0 aromatic rings. The molecule has 0 heterocycles. The van der Waals surface area contributed by atoms with Gasteiger partial charge in [-0.1, -0.05) is 0 Å². The van der Waals surface area contributed by atoms with E-state index in [2.05, 4.69) is 20.5 Å². The Balaban J connectivity index is 4.38. The summed E-state index contributed by atoms with van der Waals surface area (Å²) in [6.45, 7) is 7.23. The van der Waals surface area contributed by atoms with Gasteiger partial charge >= 0.3 is 5.97 Å². The largest absolute Gasteiger partial charge is 0.478 e. The Morgan fingerprint density at radius 2 is 1.29 bits per heavy atom. The molecule has 14 heavy (non-hydrogen) atoms. The van der Waals surface area contributed by atoms with Crippen LogP contribution in [0.3, 0.4) is 0 Å². The molecule has 6 heteroatoms. The van der Waals surface area contributed by atoms with E-state index in [9.17, 15) is 4.79 Å². The van der Waals surface area contributed by atoms with E-state index in [1.54, 1.807) is 0 Å². The van der Waals surface area contributed by atoms with Gasteiger partial charge in [0.05, 0.1) is 12.1 Å². The number of carbonyl (C=O) groups is 1. The maximum absolute atomic E-state index is 10.6. The maximum atomic E-state index is 10.6. The predicted molar refractivity (Wildman–Crippen MR) is 51.4 cm³/mol. The Morgan fingerprint density at radius 1 is 0.929 bits per heavy atom. The first-order valence-electron chi connectivity index (χ1n) is 4.46. The average Bonchev–Trinajstić information content (AvgIpc) is 2.02. The number of nitrogens with zero attached hydrogens (tertiary/aromatic N) is 4. The summed E-state index contributed by atoms with van der Waals surface area (Å²) >= 11 is 0. The smallest absolute Gasteiger partial charge is 0.354 e. The van der Waals surface area contributed by atoms with Gasteiger partial charge in [0.25, 0.3) is 6.17 Å². The molecule has 0 aliphatic rings. The van der Waals surface area contributed by atoms with Crippen LogP contribution in [0.2, 0.25) is 0 Å². The average molecular weight is 200 g/mol. The molecule has 0 radical (unpaired) electrons. The van der Waals surface area contributed by atoms with Crippen LogP contribution in [0.1, 0.15) is 27.7 Å². The molecule has 0 spiro atoms. The van der Waals surface area contributed by atoms with Crippen molar-refractivity contribution in [3.63, 3.8) is 0 Å². The first-order chi connectivity index (χ1) is 6.43. The van der Waals surface area contributed by atoms with Gasteiger partial charge in [0.1, 0.15) is 0 Å². The third kappa shape index (κ3) is 6.22. The summed E-state index contributed by atoms with van der Waals surface area (Å²) in [5.41, 5.74) is 0. The zero-order chi connectivity index (χ0) is 11.1. The zero-order valence-corrected chi connectivity index (χ0v) is 8.88. The lowest BCUT2D eigenvalue weighted by Crippen LogP contribution is -2.15. The Morgan fingerprint density at radius 3 is 1.50 bits per heavy atom. The number of carboxylic acid groups (broad SMARTS) is 1. The highest BCUT2D eigenvalue weighted by molar-refractivity contribution is 5.72. The minimum atomic E-state index is -1.21. The van der Waals surface area contributed by atoms with Gasteiger partial charge in [-0.2, -0.15) is 20.5 Å². The second-order valence-electron chi connectivity index (χ2n) is 3.36. The fourth-order valence-electron chi connectivity index (χ4n) is 0.515. The topological polar surface area (TPSA) is 86.7 Å². The second kappa shape index (κ2) is 6.17. The molecule has 6 nitrogen and oxygen atoms in total. The van der Waals surface area contributed by atoms with Gasteiger partial charge in [0.2, 0.25) is 0 Å². The van der Waals surface area contributed by atoms with Crippen LogP contribution in [0.5, 0.6) is 0 Å². The number of hydrogen-bond donors (Lipinski definition) is 1. The molecule has 0 fully saturated rings. The minimum absolute atomic E-state index is 0.0360. The second-order valence-corrected chi connectivity index (χ2v) is 3.36. The SMILES string of the molecule is CC(C)N=NC(N=NC(C)C)C(=O)O. The van der Waals surface area contributed by atoms with Crippen molar-refractivity contribution in [2.75, 3.05) is 0 Å². The zero-order valence-electron chi connectivity index (χ0n) is 8.88. The van der Waals surface area contributed by atoms with Crippen molar-refractivity contribution < 1.29 is 9.90 Å². The van der Waals surface area contributed by atoms with Crippen LogP contribution in [-0.4, -0.2) is 29.3 Å². The van der Waals surface area contributed by atoms with E-state index in [1.807, 2.05) is 27.7 Å². The standard InChI is InChI=1S/C8H16N4O2/c1-5(2)9-11-7(8(13)14)12-10-6(3)4/h5-7H,1-4H3,(H,13,14). The summed E-state index contributed by atoms with van der Waals surface area (Å²) in [5, 5.41) is 23.2. The number of carboxylic acids is 1. The highest BCUT2D eigenvalue weighted by Gasteiger charge is 2.14. The van der Waals surface area contributed by atoms with Gasteiger partial charge in [-0.3, -0.25) is 0 Å². The molecule has 0 aromatic carbocycles. The first-order valence-corrected chi connectivity index (χ1v) is 4.46. The van der Waals surface area contributed by atoms with Gasteiger partial charge < -0.3 is 5.11 Å². The van der Waals surface area contributed by atoms with Crippen molar-refractivity contribution in [1.82, 2.24) is 0 Å². The van der Waals surface area contributed by atoms with E-state index >= 15 is 0 Å². The van der Waals surface area contributed by atoms with Crippen LogP contribution in [0.15, 0.2) is 20.5 Å². The predicted octanol–water partition coefficient (Wildman–Crippen LogP) is 2.12. The van der Waals surface area contributed by atoms with Crippen molar-refractivity contribution in [3.8, 4) is 0 Å². The van der Waals surface area contributed by atoms with Crippen LogP contribution >= 0.6 is 0 Å². The van der Waals surface area contributed by atoms with E-state index in [4.69, 9.17) is 5.11 Å². The summed E-state index contributed by atoms with van der Waals surface area (Å²) in [6.07, 6.45) is -1.21. The van der Waals surface area contributed by atoms with Gasteiger partial charge in [-0.05, 0) is 27.7 Å². The molecule has 80 valence electrons. The van der Waals surface area contributed by atoms with E-state index in [0.717, 1.165) is 0 Å². The fraction of sp³-hybridized carbons (Fsp3) is 0.875. The molecule has 0 saturated heterocycles. The Labute approximate surface area is 83.1 Å². The van der Waals surface area contributed by atoms with Crippen LogP contribution in [0, 0.1) is 0 Å². The molecule has 0 aliphatic carbocycles. The van der Waals surface area contributed by atoms with Crippen LogP contribution in [0.4, 0.5) is 0 Å². The normalized spacial score (nSPS) is 14.7. The lowest BCUT2D eigenvalue weighted by Gasteiger charge is -2.00. The molecule has 0 atom stereocenters. The molecule has 0 aliphatic heterocycles. The van der Waals surface area contributed by atoms with Gasteiger partial charge in [-0.25, -0.2) is 4.79 Å². The molecular weight excluding hydrogens is 184 g/mol. The Kier molecular flexibility index (Phi) is 5.59. The Hall–Kier alpha value is -1.33. The lowest BCUT2D eigenvalue weighted by atomic mass is 10.4. The van der Waals surface area contributed by atoms with Crippen LogP contribution in [-0.2, 0) is 4.79 Å². The van der Waals surface area contributed by atoms with Crippen molar-refractivity contribution >= 4 is 5.97 Å². The molecule has 0 unspecified atom stereocenters. The first kappa shape index (κ1) is 12.7. The summed E-state index contributed by atoms with van der Waals surface area (Å²) < 4.78 is 0. The molecule has 1 N–H and O–H groups in total. The highest BCUT2D eigenvalue weighted by atomic mass is 16.4. The summed E-state index contributed by atoms with van der Waals surface area (Å²) in [6, 6.07) is -0.0720. The number of azo groups is 2. The van der Waals surface area contributed by atoms with Crippen LogP contribution < -0.4 is 0 Å². The van der Waals surface area contributed by atoms with Gasteiger partial charge in [0.15, 0.2) is 0 Å². The van der Waals surface area contributed by atoms with Crippen molar-refractivity contribution in [2.45, 2.75) is 45.9 Å². The number of hydrogen-bond acceptors (Lipinski definition) is 5. The number of aliphatic carboxylic acids is 1. The molecular formula is C8H16N4O2. The van der Waals surface area contributed by atoms with Gasteiger partial charge in [-0.15, -0.1) is 0 Å². The molecule has 0 rings (SSSR count). The lowest BCUT2D eigenvalue weighted by molar-refractivity contribution is -0.138. The maximum Gasteiger partial charge on any atom is 0.354 e.